The fraction of sp³-hybridized carbons (Fsp3) is 0.500. The highest BCUT2D eigenvalue weighted by atomic mass is 35.5. The van der Waals surface area contributed by atoms with Gasteiger partial charge < -0.3 is 20.1 Å². The van der Waals surface area contributed by atoms with Crippen molar-refractivity contribution in [2.24, 2.45) is 5.73 Å². The topological polar surface area (TPSA) is 64.8 Å². The lowest BCUT2D eigenvalue weighted by molar-refractivity contribution is -0.132. The second kappa shape index (κ2) is 9.58. The molecule has 0 radical (unpaired) electrons. The van der Waals surface area contributed by atoms with Gasteiger partial charge in [0.15, 0.2) is 0 Å². The zero-order chi connectivity index (χ0) is 14.3. The molecule has 1 unspecified atom stereocenters. The molecule has 0 bridgehead atoms. The number of halogens is 1. The number of nitrogens with zero attached hydrogens (tertiary/aromatic N) is 1. The first kappa shape index (κ1) is 18.7. The van der Waals surface area contributed by atoms with Crippen LogP contribution in [0, 0.1) is 0 Å². The molecule has 0 saturated carbocycles. The van der Waals surface area contributed by atoms with Gasteiger partial charge in [-0.25, -0.2) is 0 Å². The van der Waals surface area contributed by atoms with Crippen molar-refractivity contribution >= 4 is 18.3 Å². The Balaban J connectivity index is 0.00000361. The first-order valence-corrected chi connectivity index (χ1v) is 6.21. The molecule has 0 fully saturated rings. The van der Waals surface area contributed by atoms with Gasteiger partial charge in [-0.15, -0.1) is 12.4 Å². The maximum atomic E-state index is 12.0. The minimum absolute atomic E-state index is 0. The quantitative estimate of drug-likeness (QED) is 0.828. The van der Waals surface area contributed by atoms with Crippen LogP contribution < -0.4 is 10.5 Å². The molecule has 5 nitrogen and oxygen atoms in total. The number of ether oxygens (including phenoxy) is 2. The molecular weight excluding hydrogens is 280 g/mol. The van der Waals surface area contributed by atoms with Gasteiger partial charge in [-0.3, -0.25) is 4.79 Å². The Bertz CT molecular complexity index is 411. The van der Waals surface area contributed by atoms with Crippen LogP contribution in [0.2, 0.25) is 0 Å². The van der Waals surface area contributed by atoms with Gasteiger partial charge in [0.05, 0.1) is 19.6 Å². The van der Waals surface area contributed by atoms with Gasteiger partial charge >= 0.3 is 0 Å². The number of rotatable bonds is 7. The SMILES string of the molecule is COc1ccccc1CN(C)C(=O)CC(CN)OC.Cl. The van der Waals surface area contributed by atoms with Crippen LogP contribution in [0.15, 0.2) is 24.3 Å². The minimum Gasteiger partial charge on any atom is -0.496 e. The minimum atomic E-state index is -0.229. The zero-order valence-corrected chi connectivity index (χ0v) is 13.0. The van der Waals surface area contributed by atoms with Crippen LogP contribution in [0.3, 0.4) is 0 Å². The molecule has 0 aliphatic carbocycles. The van der Waals surface area contributed by atoms with Crippen LogP contribution in [-0.2, 0) is 16.1 Å². The van der Waals surface area contributed by atoms with Crippen LogP contribution >= 0.6 is 12.4 Å². The van der Waals surface area contributed by atoms with Crippen LogP contribution in [-0.4, -0.2) is 44.7 Å². The first-order chi connectivity index (χ1) is 9.12. The fourth-order valence-corrected chi connectivity index (χ4v) is 1.79. The van der Waals surface area contributed by atoms with Crippen molar-refractivity contribution in [2.45, 2.75) is 19.1 Å². The molecule has 1 rings (SSSR count). The Morgan fingerprint density at radius 3 is 2.55 bits per heavy atom. The van der Waals surface area contributed by atoms with Gasteiger partial charge in [-0.2, -0.15) is 0 Å². The van der Waals surface area contributed by atoms with Crippen LogP contribution in [0.1, 0.15) is 12.0 Å². The van der Waals surface area contributed by atoms with E-state index < -0.39 is 0 Å². The number of hydrogen-bond donors (Lipinski definition) is 1. The number of para-hydroxylation sites is 1. The smallest absolute Gasteiger partial charge is 0.225 e. The number of benzene rings is 1. The summed E-state index contributed by atoms with van der Waals surface area (Å²) in [5.41, 5.74) is 6.49. The monoisotopic (exact) mass is 302 g/mol. The van der Waals surface area contributed by atoms with Gasteiger partial charge in [0.25, 0.3) is 0 Å². The third kappa shape index (κ3) is 5.36. The summed E-state index contributed by atoms with van der Waals surface area (Å²) >= 11 is 0. The van der Waals surface area contributed by atoms with E-state index in [0.29, 0.717) is 19.5 Å². The Morgan fingerprint density at radius 2 is 2.00 bits per heavy atom. The summed E-state index contributed by atoms with van der Waals surface area (Å²) in [5, 5.41) is 0. The summed E-state index contributed by atoms with van der Waals surface area (Å²) in [7, 11) is 4.94. The molecule has 6 heteroatoms. The average Bonchev–Trinajstić information content (AvgIpc) is 2.44. The highest BCUT2D eigenvalue weighted by Gasteiger charge is 2.16. The number of methoxy groups -OCH3 is 2. The molecule has 1 amide bonds. The standard InChI is InChI=1S/C14H22N2O3.ClH/c1-16(14(17)8-12(9-15)18-2)10-11-6-4-5-7-13(11)19-3;/h4-7,12H,8-10,15H2,1-3H3;1H. The largest absolute Gasteiger partial charge is 0.496 e. The number of carbonyl (C=O) groups excluding carboxylic acids is 1. The van der Waals surface area contributed by atoms with E-state index in [0.717, 1.165) is 11.3 Å². The third-order valence-corrected chi connectivity index (χ3v) is 3.02. The molecule has 1 atom stereocenters. The van der Waals surface area contributed by atoms with Crippen molar-refractivity contribution in [1.82, 2.24) is 4.90 Å². The summed E-state index contributed by atoms with van der Waals surface area (Å²) in [6.07, 6.45) is 0.0613. The lowest BCUT2D eigenvalue weighted by atomic mass is 10.1. The lowest BCUT2D eigenvalue weighted by Crippen LogP contribution is -2.33. The van der Waals surface area contributed by atoms with Gasteiger partial charge in [0.1, 0.15) is 5.75 Å². The van der Waals surface area contributed by atoms with Crippen LogP contribution in [0.25, 0.3) is 0 Å². The summed E-state index contributed by atoms with van der Waals surface area (Å²) in [6.45, 7) is 0.842. The summed E-state index contributed by atoms with van der Waals surface area (Å²) in [5.74, 6) is 0.785. The highest BCUT2D eigenvalue weighted by Crippen LogP contribution is 2.19. The molecule has 20 heavy (non-hydrogen) atoms. The van der Waals surface area contributed by atoms with Gasteiger partial charge in [-0.1, -0.05) is 18.2 Å². The number of nitrogens with two attached hydrogens (primary N) is 1. The molecule has 1 aromatic carbocycles. The van der Waals surface area contributed by atoms with Crippen molar-refractivity contribution in [1.29, 1.82) is 0 Å². The summed E-state index contributed by atoms with van der Waals surface area (Å²) in [6, 6.07) is 7.65. The number of carbonyl (C=O) groups is 1. The lowest BCUT2D eigenvalue weighted by Gasteiger charge is -2.21. The maximum absolute atomic E-state index is 12.0. The molecule has 0 heterocycles. The van der Waals surface area contributed by atoms with Crippen LogP contribution in [0.4, 0.5) is 0 Å². The highest BCUT2D eigenvalue weighted by molar-refractivity contribution is 5.85. The van der Waals surface area contributed by atoms with Crippen molar-refractivity contribution in [2.75, 3.05) is 27.8 Å². The molecule has 0 saturated heterocycles. The summed E-state index contributed by atoms with van der Waals surface area (Å²) < 4.78 is 10.4. The van der Waals surface area contributed by atoms with Crippen LogP contribution in [0.5, 0.6) is 5.75 Å². The molecular formula is C14H23ClN2O3. The van der Waals surface area contributed by atoms with E-state index in [4.69, 9.17) is 15.2 Å². The summed E-state index contributed by atoms with van der Waals surface area (Å²) in [4.78, 5) is 13.7. The maximum Gasteiger partial charge on any atom is 0.225 e. The fourth-order valence-electron chi connectivity index (χ4n) is 1.79. The second-order valence-electron chi connectivity index (χ2n) is 4.36. The Morgan fingerprint density at radius 1 is 1.35 bits per heavy atom. The van der Waals surface area contributed by atoms with Gasteiger partial charge in [-0.05, 0) is 6.07 Å². The molecule has 114 valence electrons. The Kier molecular flexibility index (Phi) is 8.96. The normalized spacial score (nSPS) is 11.4. The average molecular weight is 303 g/mol. The van der Waals surface area contributed by atoms with Crippen molar-refractivity contribution in [3.8, 4) is 5.75 Å². The van der Waals surface area contributed by atoms with E-state index in [1.807, 2.05) is 24.3 Å². The predicted molar refractivity (Wildman–Crippen MR) is 81.2 cm³/mol. The van der Waals surface area contributed by atoms with Crippen molar-refractivity contribution in [3.05, 3.63) is 29.8 Å². The Hall–Kier alpha value is -1.30. The van der Waals surface area contributed by atoms with E-state index >= 15 is 0 Å². The van der Waals surface area contributed by atoms with Crippen molar-refractivity contribution in [3.63, 3.8) is 0 Å². The van der Waals surface area contributed by atoms with E-state index in [9.17, 15) is 4.79 Å². The second-order valence-corrected chi connectivity index (χ2v) is 4.36. The molecule has 0 aliphatic heterocycles. The van der Waals surface area contributed by atoms with Crippen molar-refractivity contribution < 1.29 is 14.3 Å². The molecule has 0 aliphatic rings. The number of hydrogen-bond acceptors (Lipinski definition) is 4. The van der Waals surface area contributed by atoms with E-state index in [2.05, 4.69) is 0 Å². The first-order valence-electron chi connectivity index (χ1n) is 6.21. The molecule has 1 aromatic rings. The zero-order valence-electron chi connectivity index (χ0n) is 12.2. The van der Waals surface area contributed by atoms with E-state index in [-0.39, 0.29) is 24.4 Å². The number of amides is 1. The van der Waals surface area contributed by atoms with E-state index in [1.54, 1.807) is 26.2 Å². The Labute approximate surface area is 126 Å². The third-order valence-electron chi connectivity index (χ3n) is 3.02. The molecule has 2 N–H and O–H groups in total. The van der Waals surface area contributed by atoms with E-state index in [1.165, 1.54) is 0 Å². The molecule has 0 spiro atoms. The van der Waals surface area contributed by atoms with Gasteiger partial charge in [0, 0.05) is 32.8 Å². The predicted octanol–water partition coefficient (Wildman–Crippen LogP) is 1.44. The molecule has 0 aromatic heterocycles. The van der Waals surface area contributed by atoms with Gasteiger partial charge in [0.2, 0.25) is 5.91 Å².